The molecule has 0 radical (unpaired) electrons. The number of nitrogens with zero attached hydrogens (tertiary/aromatic N) is 3. The summed E-state index contributed by atoms with van der Waals surface area (Å²) in [5.74, 6) is 0.381. The van der Waals surface area contributed by atoms with E-state index < -0.39 is 21.5 Å². The van der Waals surface area contributed by atoms with E-state index in [9.17, 15) is 14.7 Å². The minimum atomic E-state index is -1.48. The van der Waals surface area contributed by atoms with Gasteiger partial charge in [-0.05, 0) is 13.0 Å². The number of rotatable bonds is 2. The lowest BCUT2D eigenvalue weighted by Gasteiger charge is -2.57. The number of ether oxygens (including phenoxy) is 2. The summed E-state index contributed by atoms with van der Waals surface area (Å²) < 4.78 is 11.0. The van der Waals surface area contributed by atoms with Crippen molar-refractivity contribution in [1.82, 2.24) is 9.80 Å². The van der Waals surface area contributed by atoms with Crippen LogP contribution in [0.4, 0.5) is 5.69 Å². The third kappa shape index (κ3) is 1.90. The van der Waals surface area contributed by atoms with Gasteiger partial charge < -0.3 is 24.4 Å². The van der Waals surface area contributed by atoms with Crippen LogP contribution in [0.25, 0.3) is 0 Å². The van der Waals surface area contributed by atoms with Crippen LogP contribution < -0.4 is 14.4 Å². The first-order valence-electron chi connectivity index (χ1n) is 8.97. The lowest BCUT2D eigenvalue weighted by Crippen LogP contribution is -2.75. The number of methoxy groups -OCH3 is 2. The van der Waals surface area contributed by atoms with Crippen molar-refractivity contribution in [3.63, 3.8) is 0 Å². The molecule has 1 spiro atoms. The zero-order chi connectivity index (χ0) is 21.1. The van der Waals surface area contributed by atoms with E-state index in [1.165, 1.54) is 40.7 Å². The number of benzene rings is 1. The Labute approximate surface area is 180 Å². The maximum absolute atomic E-state index is 13.5. The van der Waals surface area contributed by atoms with Crippen molar-refractivity contribution < 1.29 is 24.2 Å². The van der Waals surface area contributed by atoms with E-state index in [1.807, 2.05) is 0 Å². The van der Waals surface area contributed by atoms with E-state index in [2.05, 4.69) is 0 Å². The second kappa shape index (κ2) is 5.60. The van der Waals surface area contributed by atoms with Gasteiger partial charge in [0.05, 0.1) is 24.9 Å². The van der Waals surface area contributed by atoms with Gasteiger partial charge in [0.25, 0.3) is 11.8 Å². The smallest absolute Gasteiger partial charge is 0.262 e. The Bertz CT molecular complexity index is 995. The van der Waals surface area contributed by atoms with Crippen LogP contribution >= 0.6 is 33.2 Å². The SMILES string of the molecule is COc1c(Cl)cc2c(c1OC)N(C)[C@@H]1N3C(=O)[C@]4(C)SS[C@]3(C[C@]21O)C(=O)N4C. The Morgan fingerprint density at radius 2 is 1.83 bits per heavy atom. The molecule has 6 rings (SSSR count). The zero-order valence-electron chi connectivity index (χ0n) is 16.5. The van der Waals surface area contributed by atoms with Crippen molar-refractivity contribution in [2.45, 2.75) is 34.9 Å². The van der Waals surface area contributed by atoms with E-state index in [0.717, 1.165) is 0 Å². The summed E-state index contributed by atoms with van der Waals surface area (Å²) in [6, 6.07) is 1.65. The number of hydrogen-bond acceptors (Lipinski definition) is 8. The van der Waals surface area contributed by atoms with Crippen molar-refractivity contribution >= 4 is 50.7 Å². The molecule has 5 heterocycles. The van der Waals surface area contributed by atoms with Gasteiger partial charge in [0.2, 0.25) is 0 Å². The molecule has 0 aliphatic carbocycles. The lowest BCUT2D eigenvalue weighted by molar-refractivity contribution is -0.164. The molecular weight excluding hydrogens is 438 g/mol. The van der Waals surface area contributed by atoms with E-state index >= 15 is 0 Å². The minimum absolute atomic E-state index is 0.0660. The van der Waals surface area contributed by atoms with E-state index in [4.69, 9.17) is 21.1 Å². The largest absolute Gasteiger partial charge is 0.491 e. The van der Waals surface area contributed by atoms with Gasteiger partial charge in [0.15, 0.2) is 21.2 Å². The lowest BCUT2D eigenvalue weighted by atomic mass is 9.90. The fraction of sp³-hybridized carbons (Fsp3) is 0.556. The number of piperazine rings is 1. The molecule has 2 bridgehead atoms. The van der Waals surface area contributed by atoms with Crippen LogP contribution in [-0.4, -0.2) is 70.9 Å². The molecule has 5 aliphatic heterocycles. The molecule has 0 unspecified atom stereocenters. The number of aliphatic hydroxyl groups is 1. The van der Waals surface area contributed by atoms with Gasteiger partial charge in [0, 0.05) is 26.1 Å². The van der Waals surface area contributed by atoms with Crippen molar-refractivity contribution in [3.8, 4) is 11.5 Å². The predicted molar refractivity (Wildman–Crippen MR) is 111 cm³/mol. The maximum atomic E-state index is 13.5. The van der Waals surface area contributed by atoms with Gasteiger partial charge in [0.1, 0.15) is 11.8 Å². The molecule has 8 nitrogen and oxygen atoms in total. The fourth-order valence-corrected chi connectivity index (χ4v) is 8.85. The summed E-state index contributed by atoms with van der Waals surface area (Å²) in [5, 5.41) is 12.2. The molecule has 29 heavy (non-hydrogen) atoms. The number of halogens is 1. The van der Waals surface area contributed by atoms with E-state index in [0.29, 0.717) is 27.8 Å². The Balaban J connectivity index is 1.76. The Hall–Kier alpha value is -1.49. The first kappa shape index (κ1) is 19.5. The number of fused-ring (bicyclic) bond motifs is 5. The van der Waals surface area contributed by atoms with Crippen molar-refractivity contribution in [2.24, 2.45) is 0 Å². The minimum Gasteiger partial charge on any atom is -0.491 e. The zero-order valence-corrected chi connectivity index (χ0v) is 18.9. The molecule has 0 saturated carbocycles. The van der Waals surface area contributed by atoms with Crippen LogP contribution in [0.3, 0.4) is 0 Å². The monoisotopic (exact) mass is 457 g/mol. The first-order chi connectivity index (χ1) is 13.6. The van der Waals surface area contributed by atoms with Crippen LogP contribution in [0.1, 0.15) is 18.9 Å². The molecule has 5 aliphatic rings. The van der Waals surface area contributed by atoms with Gasteiger partial charge in [-0.15, -0.1) is 0 Å². The second-order valence-electron chi connectivity index (χ2n) is 7.88. The van der Waals surface area contributed by atoms with Crippen LogP contribution in [-0.2, 0) is 15.2 Å². The third-order valence-electron chi connectivity index (χ3n) is 6.56. The average molecular weight is 458 g/mol. The highest BCUT2D eigenvalue weighted by Gasteiger charge is 2.78. The van der Waals surface area contributed by atoms with Crippen LogP contribution in [0, 0.1) is 0 Å². The summed E-state index contributed by atoms with van der Waals surface area (Å²) in [4.78, 5) is 29.5. The fourth-order valence-electron chi connectivity index (χ4n) is 5.09. The quantitative estimate of drug-likeness (QED) is 0.673. The van der Waals surface area contributed by atoms with Crippen molar-refractivity contribution in [3.05, 3.63) is 16.7 Å². The molecule has 156 valence electrons. The molecule has 4 saturated heterocycles. The second-order valence-corrected chi connectivity index (χ2v) is 11.1. The summed E-state index contributed by atoms with van der Waals surface area (Å²) in [5.41, 5.74) is -0.351. The Morgan fingerprint density at radius 3 is 2.45 bits per heavy atom. The van der Waals surface area contributed by atoms with Gasteiger partial charge in [-0.1, -0.05) is 33.2 Å². The molecule has 4 atom stereocenters. The molecule has 11 heteroatoms. The highest BCUT2D eigenvalue weighted by atomic mass is 35.5. The summed E-state index contributed by atoms with van der Waals surface area (Å²) >= 11 is 6.42. The number of likely N-dealkylation sites (N-methyl/N-ethyl adjacent to an activating group) is 2. The third-order valence-corrected chi connectivity index (χ3v) is 10.5. The van der Waals surface area contributed by atoms with Gasteiger partial charge >= 0.3 is 0 Å². The number of amides is 2. The molecule has 1 N–H and O–H groups in total. The van der Waals surface area contributed by atoms with Gasteiger partial charge in [-0.3, -0.25) is 14.5 Å². The van der Waals surface area contributed by atoms with E-state index in [1.54, 1.807) is 36.9 Å². The average Bonchev–Trinajstić information content (AvgIpc) is 3.08. The normalized spacial score (nSPS) is 37.1. The van der Waals surface area contributed by atoms with Gasteiger partial charge in [-0.25, -0.2) is 0 Å². The maximum Gasteiger partial charge on any atom is 0.262 e. The van der Waals surface area contributed by atoms with Crippen LogP contribution in [0.15, 0.2) is 6.07 Å². The molecule has 4 fully saturated rings. The number of carbonyl (C=O) groups excluding carboxylic acids is 2. The van der Waals surface area contributed by atoms with Gasteiger partial charge in [-0.2, -0.15) is 0 Å². The Morgan fingerprint density at radius 1 is 1.17 bits per heavy atom. The summed E-state index contributed by atoms with van der Waals surface area (Å²) in [7, 11) is 9.14. The number of anilines is 1. The van der Waals surface area contributed by atoms with Crippen molar-refractivity contribution in [1.29, 1.82) is 0 Å². The number of hydrogen-bond donors (Lipinski definition) is 1. The first-order valence-corrected chi connectivity index (χ1v) is 11.5. The molecule has 0 aromatic heterocycles. The highest BCUT2D eigenvalue weighted by molar-refractivity contribution is 8.78. The number of carbonyl (C=O) groups is 2. The predicted octanol–water partition coefficient (Wildman–Crippen LogP) is 1.83. The van der Waals surface area contributed by atoms with Crippen LogP contribution in [0.2, 0.25) is 5.02 Å². The Kier molecular flexibility index (Phi) is 3.76. The van der Waals surface area contributed by atoms with E-state index in [-0.39, 0.29) is 18.2 Å². The molecule has 2 amide bonds. The molecule has 1 aromatic rings. The van der Waals surface area contributed by atoms with Crippen LogP contribution in [0.5, 0.6) is 11.5 Å². The molecular formula is C18H20ClN3O5S2. The van der Waals surface area contributed by atoms with Crippen molar-refractivity contribution in [2.75, 3.05) is 33.2 Å². The topological polar surface area (TPSA) is 82.5 Å². The molecule has 1 aromatic carbocycles. The summed E-state index contributed by atoms with van der Waals surface area (Å²) in [6.07, 6.45) is -0.691. The summed E-state index contributed by atoms with van der Waals surface area (Å²) in [6.45, 7) is 1.74. The standard InChI is InChI=1S/C18H20ClN3O5S2/c1-16-14(23)22-13-17(25,7-18(22,29-28-16)15(24)21(16)3)8-6-9(19)11(26-4)12(27-5)10(8)20(13)2/h6,13,25H,7H2,1-5H3/t13-,16+,17+,18-/m1/s1. The highest BCUT2D eigenvalue weighted by Crippen LogP contribution is 2.69.